The van der Waals surface area contributed by atoms with E-state index >= 15 is 0 Å². The van der Waals surface area contributed by atoms with Crippen molar-refractivity contribution in [3.8, 4) is 34.1 Å². The average molecular weight is 517 g/mol. The highest BCUT2D eigenvalue weighted by atomic mass is 16.7. The van der Waals surface area contributed by atoms with Gasteiger partial charge in [-0.15, -0.1) is 0 Å². The third kappa shape index (κ3) is 6.58. The van der Waals surface area contributed by atoms with Crippen LogP contribution in [0.2, 0.25) is 0 Å². The Morgan fingerprint density at radius 1 is 1.05 bits per heavy atom. The highest BCUT2D eigenvalue weighted by Gasteiger charge is 2.20. The number of piperidine rings is 1. The maximum Gasteiger partial charge on any atom is 0.257 e. The quantitative estimate of drug-likeness (QED) is 0.406. The summed E-state index contributed by atoms with van der Waals surface area (Å²) in [5.74, 6) is 3.65. The molecule has 3 aromatic rings. The molecule has 0 radical (unpaired) electrons. The minimum Gasteiger partial charge on any atom is -0.497 e. The fraction of sp³-hybridized carbons (Fsp3) is 0.387. The van der Waals surface area contributed by atoms with Crippen molar-refractivity contribution in [2.75, 3.05) is 40.1 Å². The van der Waals surface area contributed by atoms with E-state index in [1.807, 2.05) is 54.6 Å². The van der Waals surface area contributed by atoms with Gasteiger partial charge in [0.05, 0.1) is 7.11 Å². The fourth-order valence-corrected chi connectivity index (χ4v) is 5.14. The molecule has 0 spiro atoms. The molecule has 38 heavy (non-hydrogen) atoms. The topological polar surface area (TPSA) is 69.3 Å². The van der Waals surface area contributed by atoms with Crippen molar-refractivity contribution in [2.45, 2.75) is 32.7 Å². The predicted molar refractivity (Wildman–Crippen MR) is 147 cm³/mol. The molecule has 2 aliphatic rings. The summed E-state index contributed by atoms with van der Waals surface area (Å²) in [4.78, 5) is 15.1. The molecule has 3 aromatic carbocycles. The van der Waals surface area contributed by atoms with Crippen molar-refractivity contribution < 1.29 is 23.7 Å². The smallest absolute Gasteiger partial charge is 0.257 e. The van der Waals surface area contributed by atoms with Crippen molar-refractivity contribution in [1.82, 2.24) is 10.2 Å². The van der Waals surface area contributed by atoms with Crippen LogP contribution in [0, 0.1) is 5.92 Å². The number of amides is 1. The molecule has 1 N–H and O–H groups in total. The predicted octanol–water partition coefficient (Wildman–Crippen LogP) is 5.06. The number of hydrogen-bond donors (Lipinski definition) is 1. The third-order valence-electron chi connectivity index (χ3n) is 7.13. The SMILES string of the molecule is COc1cccc(CCNC(=O)COc2ccc(-c3ccc4c(c3)OCO4)cc2CN2CCC[C@@H](C)C2)c1. The molecule has 0 aliphatic carbocycles. The van der Waals surface area contributed by atoms with Gasteiger partial charge in [-0.05, 0) is 84.8 Å². The van der Waals surface area contributed by atoms with E-state index in [9.17, 15) is 4.79 Å². The second kappa shape index (κ2) is 12.2. The normalized spacial score (nSPS) is 16.7. The molecule has 2 aliphatic heterocycles. The highest BCUT2D eigenvalue weighted by molar-refractivity contribution is 5.77. The van der Waals surface area contributed by atoms with Crippen LogP contribution in [0.3, 0.4) is 0 Å². The Hall–Kier alpha value is -3.71. The van der Waals surface area contributed by atoms with Crippen LogP contribution in [-0.4, -0.2) is 51.0 Å². The Morgan fingerprint density at radius 2 is 1.89 bits per heavy atom. The molecule has 7 nitrogen and oxygen atoms in total. The number of fused-ring (bicyclic) bond motifs is 1. The van der Waals surface area contributed by atoms with Crippen LogP contribution >= 0.6 is 0 Å². The number of likely N-dealkylation sites (tertiary alicyclic amines) is 1. The van der Waals surface area contributed by atoms with Crippen LogP contribution in [0.25, 0.3) is 11.1 Å². The van der Waals surface area contributed by atoms with Crippen LogP contribution in [-0.2, 0) is 17.8 Å². The van der Waals surface area contributed by atoms with Gasteiger partial charge in [0.25, 0.3) is 5.91 Å². The van der Waals surface area contributed by atoms with Crippen molar-refractivity contribution in [3.05, 3.63) is 71.8 Å². The van der Waals surface area contributed by atoms with Crippen molar-refractivity contribution >= 4 is 5.91 Å². The van der Waals surface area contributed by atoms with E-state index in [-0.39, 0.29) is 19.3 Å². The van der Waals surface area contributed by atoms with E-state index in [1.54, 1.807) is 7.11 Å². The molecule has 5 rings (SSSR count). The third-order valence-corrected chi connectivity index (χ3v) is 7.13. The number of hydrogen-bond acceptors (Lipinski definition) is 6. The van der Waals surface area contributed by atoms with E-state index < -0.39 is 0 Å². The second-order valence-electron chi connectivity index (χ2n) is 10.1. The van der Waals surface area contributed by atoms with E-state index in [0.717, 1.165) is 71.3 Å². The minimum absolute atomic E-state index is 0.0229. The van der Waals surface area contributed by atoms with Crippen molar-refractivity contribution in [2.24, 2.45) is 5.92 Å². The van der Waals surface area contributed by atoms with Crippen LogP contribution in [0.4, 0.5) is 0 Å². The average Bonchev–Trinajstić information content (AvgIpc) is 3.41. The Labute approximate surface area is 224 Å². The van der Waals surface area contributed by atoms with Crippen LogP contribution in [0.1, 0.15) is 30.9 Å². The number of nitrogens with one attached hydrogen (secondary N) is 1. The minimum atomic E-state index is -0.134. The zero-order valence-corrected chi connectivity index (χ0v) is 22.2. The summed E-state index contributed by atoms with van der Waals surface area (Å²) in [5.41, 5.74) is 4.34. The Kier molecular flexibility index (Phi) is 8.34. The highest BCUT2D eigenvalue weighted by Crippen LogP contribution is 2.37. The summed E-state index contributed by atoms with van der Waals surface area (Å²) in [6.45, 7) is 6.01. The van der Waals surface area contributed by atoms with Gasteiger partial charge in [0.15, 0.2) is 18.1 Å². The number of ether oxygens (including phenoxy) is 4. The summed E-state index contributed by atoms with van der Waals surface area (Å²) in [5, 5.41) is 2.97. The van der Waals surface area contributed by atoms with Gasteiger partial charge in [0.2, 0.25) is 6.79 Å². The molecule has 1 atom stereocenters. The molecule has 200 valence electrons. The van der Waals surface area contributed by atoms with E-state index in [0.29, 0.717) is 12.5 Å². The lowest BCUT2D eigenvalue weighted by Crippen LogP contribution is -2.34. The van der Waals surface area contributed by atoms with E-state index in [1.165, 1.54) is 12.8 Å². The summed E-state index contributed by atoms with van der Waals surface area (Å²) in [7, 11) is 1.65. The number of carbonyl (C=O) groups is 1. The molecular formula is C31H36N2O5. The largest absolute Gasteiger partial charge is 0.497 e. The molecular weight excluding hydrogens is 480 g/mol. The van der Waals surface area contributed by atoms with Gasteiger partial charge >= 0.3 is 0 Å². The first-order valence-electron chi connectivity index (χ1n) is 13.3. The van der Waals surface area contributed by atoms with Crippen LogP contribution < -0.4 is 24.3 Å². The molecule has 2 heterocycles. The maximum absolute atomic E-state index is 12.6. The van der Waals surface area contributed by atoms with Gasteiger partial charge in [-0.25, -0.2) is 0 Å². The first kappa shape index (κ1) is 25.9. The Balaban J connectivity index is 1.25. The lowest BCUT2D eigenvalue weighted by atomic mass is 9.98. The van der Waals surface area contributed by atoms with E-state index in [2.05, 4.69) is 23.2 Å². The number of nitrogens with zero attached hydrogens (tertiary/aromatic N) is 1. The van der Waals surface area contributed by atoms with Gasteiger partial charge < -0.3 is 24.3 Å². The lowest BCUT2D eigenvalue weighted by Gasteiger charge is -2.31. The summed E-state index contributed by atoms with van der Waals surface area (Å²) >= 11 is 0. The fourth-order valence-electron chi connectivity index (χ4n) is 5.14. The second-order valence-corrected chi connectivity index (χ2v) is 10.1. The van der Waals surface area contributed by atoms with Gasteiger partial charge in [0, 0.05) is 25.2 Å². The molecule has 0 saturated carbocycles. The van der Waals surface area contributed by atoms with Crippen molar-refractivity contribution in [1.29, 1.82) is 0 Å². The Bertz CT molecular complexity index is 1260. The number of methoxy groups -OCH3 is 1. The molecule has 1 saturated heterocycles. The number of rotatable bonds is 10. The van der Waals surface area contributed by atoms with Gasteiger partial charge in [0.1, 0.15) is 11.5 Å². The first-order chi connectivity index (χ1) is 18.6. The molecule has 0 bridgehead atoms. The van der Waals surface area contributed by atoms with E-state index in [4.69, 9.17) is 18.9 Å². The lowest BCUT2D eigenvalue weighted by molar-refractivity contribution is -0.123. The van der Waals surface area contributed by atoms with Crippen LogP contribution in [0.15, 0.2) is 60.7 Å². The molecule has 0 aromatic heterocycles. The van der Waals surface area contributed by atoms with Crippen LogP contribution in [0.5, 0.6) is 23.0 Å². The zero-order chi connectivity index (χ0) is 26.3. The zero-order valence-electron chi connectivity index (χ0n) is 22.2. The summed E-state index contributed by atoms with van der Waals surface area (Å²) in [6, 6.07) is 20.1. The van der Waals surface area contributed by atoms with Gasteiger partial charge in [-0.2, -0.15) is 0 Å². The first-order valence-corrected chi connectivity index (χ1v) is 13.3. The van der Waals surface area contributed by atoms with Gasteiger partial charge in [-0.1, -0.05) is 31.2 Å². The maximum atomic E-state index is 12.6. The summed E-state index contributed by atoms with van der Waals surface area (Å²) < 4.78 is 22.4. The number of benzene rings is 3. The Morgan fingerprint density at radius 3 is 2.76 bits per heavy atom. The number of carbonyl (C=O) groups excluding carboxylic acids is 1. The van der Waals surface area contributed by atoms with Gasteiger partial charge in [-0.3, -0.25) is 9.69 Å². The molecule has 1 amide bonds. The van der Waals surface area contributed by atoms with Crippen molar-refractivity contribution in [3.63, 3.8) is 0 Å². The standard InChI is InChI=1S/C31H36N2O5/c1-22-5-4-14-33(18-22)19-26-16-24(25-9-11-29-30(17-25)38-21-37-29)8-10-28(26)36-20-31(34)32-13-12-23-6-3-7-27(15-23)35-2/h3,6-11,15-17,22H,4-5,12-14,18-21H2,1-2H3,(H,32,34)/t22-/m1/s1. The molecule has 7 heteroatoms. The molecule has 0 unspecified atom stereocenters. The molecule has 1 fully saturated rings. The monoisotopic (exact) mass is 516 g/mol. The summed E-state index contributed by atoms with van der Waals surface area (Å²) in [6.07, 6.45) is 3.20.